The maximum Gasteiger partial charge on any atom is 0.120 e. The summed E-state index contributed by atoms with van der Waals surface area (Å²) in [6.45, 7) is 2.24. The molecule has 72 valence electrons. The molecule has 2 atom stereocenters. The summed E-state index contributed by atoms with van der Waals surface area (Å²) in [5.74, 6) is 1.47. The Bertz CT molecular complexity index is 258. The van der Waals surface area contributed by atoms with E-state index in [-0.39, 0.29) is 6.04 Å². The Balaban J connectivity index is 2.02. The van der Waals surface area contributed by atoms with Gasteiger partial charge in [-0.3, -0.25) is 0 Å². The standard InChI is InChI=1S/C10H16N2O/c1-12-5-4-8(7-12)10(11)9-3-2-6-13-9/h2-3,6,8,10H,4-5,7,11H2,1H3. The third kappa shape index (κ3) is 1.76. The van der Waals surface area contributed by atoms with Crippen molar-refractivity contribution in [2.75, 3.05) is 20.1 Å². The molecule has 0 amide bonds. The van der Waals surface area contributed by atoms with Gasteiger partial charge in [0.25, 0.3) is 0 Å². The lowest BCUT2D eigenvalue weighted by Gasteiger charge is -2.16. The summed E-state index contributed by atoms with van der Waals surface area (Å²) in [5.41, 5.74) is 6.09. The van der Waals surface area contributed by atoms with Gasteiger partial charge in [-0.1, -0.05) is 0 Å². The minimum absolute atomic E-state index is 0.0694. The second-order valence-corrected chi connectivity index (χ2v) is 3.85. The second kappa shape index (κ2) is 3.52. The van der Waals surface area contributed by atoms with Crippen LogP contribution in [0.1, 0.15) is 18.2 Å². The van der Waals surface area contributed by atoms with Crippen LogP contribution in [-0.4, -0.2) is 25.0 Å². The van der Waals surface area contributed by atoms with E-state index in [1.807, 2.05) is 12.1 Å². The molecule has 0 spiro atoms. The van der Waals surface area contributed by atoms with Gasteiger partial charge in [-0.2, -0.15) is 0 Å². The molecule has 2 heterocycles. The molecule has 2 unspecified atom stereocenters. The zero-order valence-electron chi connectivity index (χ0n) is 7.94. The maximum absolute atomic E-state index is 6.09. The molecular weight excluding hydrogens is 164 g/mol. The number of rotatable bonds is 2. The van der Waals surface area contributed by atoms with Crippen LogP contribution in [0.15, 0.2) is 22.8 Å². The molecule has 3 heteroatoms. The fourth-order valence-corrected chi connectivity index (χ4v) is 1.98. The number of furan rings is 1. The van der Waals surface area contributed by atoms with Crippen molar-refractivity contribution < 1.29 is 4.42 Å². The SMILES string of the molecule is CN1CCC(C(N)c2ccco2)C1. The third-order valence-corrected chi connectivity index (χ3v) is 2.81. The van der Waals surface area contributed by atoms with E-state index >= 15 is 0 Å². The van der Waals surface area contributed by atoms with E-state index in [2.05, 4.69) is 11.9 Å². The third-order valence-electron chi connectivity index (χ3n) is 2.81. The number of nitrogens with two attached hydrogens (primary N) is 1. The minimum atomic E-state index is 0.0694. The highest BCUT2D eigenvalue weighted by atomic mass is 16.3. The molecule has 1 saturated heterocycles. The van der Waals surface area contributed by atoms with E-state index in [1.165, 1.54) is 6.42 Å². The fraction of sp³-hybridized carbons (Fsp3) is 0.600. The lowest BCUT2D eigenvalue weighted by molar-refractivity contribution is 0.343. The van der Waals surface area contributed by atoms with Crippen molar-refractivity contribution in [3.05, 3.63) is 24.2 Å². The van der Waals surface area contributed by atoms with Crippen molar-refractivity contribution in [1.82, 2.24) is 4.90 Å². The van der Waals surface area contributed by atoms with E-state index in [1.54, 1.807) is 6.26 Å². The molecule has 13 heavy (non-hydrogen) atoms. The molecule has 1 aromatic rings. The van der Waals surface area contributed by atoms with Gasteiger partial charge in [-0.05, 0) is 38.1 Å². The summed E-state index contributed by atoms with van der Waals surface area (Å²) in [4.78, 5) is 2.31. The quantitative estimate of drug-likeness (QED) is 0.744. The van der Waals surface area contributed by atoms with Gasteiger partial charge < -0.3 is 15.1 Å². The van der Waals surface area contributed by atoms with Gasteiger partial charge in [0.15, 0.2) is 0 Å². The summed E-state index contributed by atoms with van der Waals surface area (Å²) in [6.07, 6.45) is 2.87. The monoisotopic (exact) mass is 180 g/mol. The zero-order valence-corrected chi connectivity index (χ0v) is 7.94. The van der Waals surface area contributed by atoms with Crippen LogP contribution in [0.3, 0.4) is 0 Å². The van der Waals surface area contributed by atoms with Gasteiger partial charge in [0.2, 0.25) is 0 Å². The Labute approximate surface area is 78.5 Å². The minimum Gasteiger partial charge on any atom is -0.468 e. The molecule has 1 aliphatic rings. The first-order valence-electron chi connectivity index (χ1n) is 4.75. The molecule has 2 rings (SSSR count). The van der Waals surface area contributed by atoms with E-state index in [4.69, 9.17) is 10.2 Å². The molecule has 0 aliphatic carbocycles. The van der Waals surface area contributed by atoms with Crippen molar-refractivity contribution in [2.45, 2.75) is 12.5 Å². The summed E-state index contributed by atoms with van der Waals surface area (Å²) < 4.78 is 5.30. The predicted octanol–water partition coefficient (Wildman–Crippen LogP) is 1.23. The highest BCUT2D eigenvalue weighted by Gasteiger charge is 2.27. The van der Waals surface area contributed by atoms with Gasteiger partial charge in [-0.25, -0.2) is 0 Å². The topological polar surface area (TPSA) is 42.4 Å². The second-order valence-electron chi connectivity index (χ2n) is 3.85. The lowest BCUT2D eigenvalue weighted by atomic mass is 9.98. The Morgan fingerprint density at radius 3 is 3.08 bits per heavy atom. The number of hydrogen-bond acceptors (Lipinski definition) is 3. The molecular formula is C10H16N2O. The molecule has 3 nitrogen and oxygen atoms in total. The molecule has 1 aliphatic heterocycles. The zero-order chi connectivity index (χ0) is 9.26. The molecule has 0 bridgehead atoms. The first kappa shape index (κ1) is 8.78. The van der Waals surface area contributed by atoms with Crippen molar-refractivity contribution in [1.29, 1.82) is 0 Å². The Morgan fingerprint density at radius 1 is 1.69 bits per heavy atom. The van der Waals surface area contributed by atoms with E-state index in [0.717, 1.165) is 18.8 Å². The number of nitrogens with zero attached hydrogens (tertiary/aromatic N) is 1. The molecule has 1 aromatic heterocycles. The Hall–Kier alpha value is -0.800. The van der Waals surface area contributed by atoms with Crippen molar-refractivity contribution in [3.8, 4) is 0 Å². The van der Waals surface area contributed by atoms with E-state index in [0.29, 0.717) is 5.92 Å². The molecule has 0 saturated carbocycles. The van der Waals surface area contributed by atoms with Crippen LogP contribution in [0.2, 0.25) is 0 Å². The lowest BCUT2D eigenvalue weighted by Crippen LogP contribution is -2.23. The van der Waals surface area contributed by atoms with Crippen LogP contribution < -0.4 is 5.73 Å². The molecule has 1 fully saturated rings. The van der Waals surface area contributed by atoms with E-state index < -0.39 is 0 Å². The summed E-state index contributed by atoms with van der Waals surface area (Å²) in [5, 5.41) is 0. The first-order chi connectivity index (χ1) is 6.27. The van der Waals surface area contributed by atoms with Crippen molar-refractivity contribution in [2.24, 2.45) is 11.7 Å². The van der Waals surface area contributed by atoms with Gasteiger partial charge in [0.1, 0.15) is 5.76 Å². The number of hydrogen-bond donors (Lipinski definition) is 1. The van der Waals surface area contributed by atoms with Gasteiger partial charge >= 0.3 is 0 Å². The van der Waals surface area contributed by atoms with Gasteiger partial charge in [-0.15, -0.1) is 0 Å². The van der Waals surface area contributed by atoms with Crippen molar-refractivity contribution in [3.63, 3.8) is 0 Å². The maximum atomic E-state index is 6.09. The average molecular weight is 180 g/mol. The summed E-state index contributed by atoms with van der Waals surface area (Å²) in [7, 11) is 2.13. The summed E-state index contributed by atoms with van der Waals surface area (Å²) in [6, 6.07) is 3.93. The highest BCUT2D eigenvalue weighted by Crippen LogP contribution is 2.27. The highest BCUT2D eigenvalue weighted by molar-refractivity contribution is 5.06. The largest absolute Gasteiger partial charge is 0.468 e. The summed E-state index contributed by atoms with van der Waals surface area (Å²) >= 11 is 0. The van der Waals surface area contributed by atoms with Crippen LogP contribution >= 0.6 is 0 Å². The molecule has 0 radical (unpaired) electrons. The fourth-order valence-electron chi connectivity index (χ4n) is 1.98. The van der Waals surface area contributed by atoms with E-state index in [9.17, 15) is 0 Å². The van der Waals surface area contributed by atoms with Gasteiger partial charge in [0, 0.05) is 6.54 Å². The normalized spacial score (nSPS) is 26.5. The predicted molar refractivity (Wildman–Crippen MR) is 51.2 cm³/mol. The van der Waals surface area contributed by atoms with Gasteiger partial charge in [0.05, 0.1) is 12.3 Å². The van der Waals surface area contributed by atoms with Crippen LogP contribution in [0.4, 0.5) is 0 Å². The smallest absolute Gasteiger partial charge is 0.120 e. The van der Waals surface area contributed by atoms with Crippen LogP contribution in [0.5, 0.6) is 0 Å². The van der Waals surface area contributed by atoms with Crippen molar-refractivity contribution >= 4 is 0 Å². The average Bonchev–Trinajstić information content (AvgIpc) is 2.72. The van der Waals surface area contributed by atoms with Crippen LogP contribution in [0, 0.1) is 5.92 Å². The Morgan fingerprint density at radius 2 is 2.54 bits per heavy atom. The first-order valence-corrected chi connectivity index (χ1v) is 4.75. The van der Waals surface area contributed by atoms with Crippen LogP contribution in [0.25, 0.3) is 0 Å². The van der Waals surface area contributed by atoms with Crippen LogP contribution in [-0.2, 0) is 0 Å². The Kier molecular flexibility index (Phi) is 2.38. The molecule has 2 N–H and O–H groups in total. The molecule has 0 aromatic carbocycles. The number of likely N-dealkylation sites (tertiary alicyclic amines) is 1.